The van der Waals surface area contributed by atoms with Crippen LogP contribution in [0.2, 0.25) is 0 Å². The minimum Gasteiger partial charge on any atom is -0.508 e. The Morgan fingerprint density at radius 3 is 1.16 bits per heavy atom. The number of hydrogen-bond acceptors (Lipinski definition) is 8. The number of halogens is 6. The number of carbonyl (C=O) groups excluding carboxylic acids is 3. The Morgan fingerprint density at radius 1 is 0.462 bits per heavy atom. The van der Waals surface area contributed by atoms with E-state index in [1.165, 1.54) is 55.5 Å². The van der Waals surface area contributed by atoms with Crippen LogP contribution >= 0.6 is 23.4 Å². The summed E-state index contributed by atoms with van der Waals surface area (Å²) in [5.74, 6) is -2.79. The highest BCUT2D eigenvalue weighted by Crippen LogP contribution is 2.55. The summed E-state index contributed by atoms with van der Waals surface area (Å²) in [6, 6.07) is 47.3. The molecule has 6 amide bonds. The number of aryl methyl sites for hydroxylation is 1. The van der Waals surface area contributed by atoms with Gasteiger partial charge in [0.05, 0.1) is 24.7 Å². The quantitative estimate of drug-likeness (QED) is 0.0479. The molecule has 8 aromatic rings. The fraction of sp³-hybridized carbons (Fsp3) is 0.247. The number of phenols is 1. The summed E-state index contributed by atoms with van der Waals surface area (Å²) in [5, 5.41) is 9.73. The molecule has 4 aliphatic rings. The van der Waals surface area contributed by atoms with Crippen molar-refractivity contribution < 1.29 is 73.8 Å². The van der Waals surface area contributed by atoms with Crippen LogP contribution in [-0.2, 0) is 22.1 Å². The van der Waals surface area contributed by atoms with Crippen LogP contribution in [0.15, 0.2) is 231 Å². The predicted octanol–water partition coefficient (Wildman–Crippen LogP) is 20.0. The lowest BCUT2D eigenvalue weighted by Gasteiger charge is -2.29. The Kier molecular flexibility index (Phi) is 31.2. The van der Waals surface area contributed by atoms with Crippen molar-refractivity contribution in [2.24, 2.45) is 0 Å². The number of carbonyl (C=O) groups is 3. The summed E-state index contributed by atoms with van der Waals surface area (Å²) >= 11 is 0. The number of urea groups is 3. The molecule has 0 radical (unpaired) electrons. The Balaban J connectivity index is 0.000000245. The molecule has 12 rings (SSSR count). The van der Waals surface area contributed by atoms with Gasteiger partial charge in [-0.25, -0.2) is 45.3 Å². The van der Waals surface area contributed by atoms with E-state index in [1.807, 2.05) is 78.9 Å². The molecule has 3 heterocycles. The van der Waals surface area contributed by atoms with Gasteiger partial charge in [0.25, 0.3) is 0 Å². The summed E-state index contributed by atoms with van der Waals surface area (Å²) in [5.41, 5.74) is 6.01. The number of aromatic hydroxyl groups is 1. The summed E-state index contributed by atoms with van der Waals surface area (Å²) in [6.45, 7) is 0.703. The monoisotopic (exact) mass is 1510 g/mol. The molecule has 3 aliphatic heterocycles. The largest absolute Gasteiger partial charge is 0.524 e. The number of allylic oxidation sites excluding steroid dienone is 4. The van der Waals surface area contributed by atoms with Crippen LogP contribution in [0.25, 0.3) is 16.7 Å². The van der Waals surface area contributed by atoms with Gasteiger partial charge in [0.2, 0.25) is 0 Å². The maximum Gasteiger partial charge on any atom is 0.524 e. The van der Waals surface area contributed by atoms with E-state index in [0.717, 1.165) is 78.9 Å². The van der Waals surface area contributed by atoms with Gasteiger partial charge >= 0.3 is 25.9 Å². The van der Waals surface area contributed by atoms with Crippen LogP contribution in [0.5, 0.6) is 17.2 Å². The highest BCUT2D eigenvalue weighted by atomic mass is 31.8. The molecule has 25 heteroatoms. The number of rotatable bonds is 16. The topological polar surface area (TPSA) is 176 Å². The third-order valence-corrected chi connectivity index (χ3v) is 20.2. The third kappa shape index (κ3) is 23.3. The lowest BCUT2D eigenvalue weighted by atomic mass is 10.0. The predicted molar refractivity (Wildman–Crippen MR) is 412 cm³/mol. The normalized spacial score (nSPS) is 16.0. The maximum atomic E-state index is 14.7. The van der Waals surface area contributed by atoms with Gasteiger partial charge in [-0.1, -0.05) is 170 Å². The Labute approximate surface area is 619 Å². The Hall–Kier alpha value is -9.91. The number of phosphoric ester groups is 1. The van der Waals surface area contributed by atoms with Gasteiger partial charge in [-0.2, -0.15) is 0 Å². The number of phenolic OH excluding ortho intramolecular Hbond substituents is 1. The van der Waals surface area contributed by atoms with Gasteiger partial charge in [0.15, 0.2) is 7.00 Å². The van der Waals surface area contributed by atoms with E-state index in [2.05, 4.69) is 49.5 Å². The molecule has 1 unspecified atom stereocenters. The fourth-order valence-electron chi connectivity index (χ4n) is 11.6. The second kappa shape index (κ2) is 38.9. The number of phosphoric acid groups is 1. The molecule has 3 N–H and O–H groups in total. The van der Waals surface area contributed by atoms with E-state index in [9.17, 15) is 50.4 Å². The Bertz CT molecular complexity index is 4530. The van der Waals surface area contributed by atoms with E-state index in [0.29, 0.717) is 46.4 Å². The second-order valence-electron chi connectivity index (χ2n) is 24.9. The van der Waals surface area contributed by atoms with E-state index < -0.39 is 67.9 Å². The van der Waals surface area contributed by atoms with Crippen LogP contribution in [0.3, 0.4) is 0 Å². The van der Waals surface area contributed by atoms with Crippen LogP contribution < -0.4 is 9.05 Å². The van der Waals surface area contributed by atoms with Gasteiger partial charge in [-0.3, -0.25) is 9.79 Å². The molecule has 0 saturated heterocycles. The average Bonchev–Trinajstić information content (AvgIpc) is 1.65. The van der Waals surface area contributed by atoms with E-state index >= 15 is 0 Å². The van der Waals surface area contributed by atoms with Crippen molar-refractivity contribution in [2.75, 3.05) is 68.1 Å². The molecule has 562 valence electrons. The van der Waals surface area contributed by atoms with Crippen LogP contribution in [0.1, 0.15) is 97.8 Å². The molecule has 4 atom stereocenters. The molecule has 16 nitrogen and oxygen atoms in total. The van der Waals surface area contributed by atoms with Crippen LogP contribution in [-0.4, -0.2) is 130 Å². The van der Waals surface area contributed by atoms with Crippen molar-refractivity contribution in [2.45, 2.75) is 66.3 Å². The zero-order valence-electron chi connectivity index (χ0n) is 57.4. The summed E-state index contributed by atoms with van der Waals surface area (Å²) in [6.07, 6.45) is 17.5. The molecular formula is C81H91F6N6O10P3. The van der Waals surface area contributed by atoms with Crippen molar-refractivity contribution in [3.8, 4) is 17.2 Å². The fourth-order valence-corrected chi connectivity index (χ4v) is 14.5. The zero-order valence-corrected chi connectivity index (χ0v) is 60.2. The lowest BCUT2D eigenvalue weighted by Crippen LogP contribution is -2.39. The molecule has 0 fully saturated rings. The molecule has 106 heavy (non-hydrogen) atoms. The zero-order chi connectivity index (χ0) is 74.1. The van der Waals surface area contributed by atoms with Gasteiger partial charge in [-0.05, 0) is 155 Å². The van der Waals surface area contributed by atoms with E-state index in [1.54, 1.807) is 88.5 Å². The van der Waals surface area contributed by atoms with E-state index in [-0.39, 0.29) is 88.2 Å². The molecule has 0 spiro atoms. The first kappa shape index (κ1) is 85.0. The van der Waals surface area contributed by atoms with Crippen molar-refractivity contribution in [1.82, 2.24) is 29.4 Å². The number of amides is 6. The minimum atomic E-state index is -4.76. The smallest absolute Gasteiger partial charge is 0.508 e. The van der Waals surface area contributed by atoms with Crippen molar-refractivity contribution in [3.05, 3.63) is 310 Å². The number of hydrogen-bond donors (Lipinski definition) is 3. The van der Waals surface area contributed by atoms with E-state index in [4.69, 9.17) is 18.8 Å². The molecule has 0 aromatic heterocycles. The standard InChI is InChI=1S/C34H34F2N2O3P2.C19H19F2N2O5P.C19H18F2N2O2.C6H8.3CH4/c1-37(2)34(39)38-23-28(31-22-29(35)16-17-32(31)36)21-33(38)27-14-9-15-30(20-27)41-43(42,19-18-25-10-5-3-6-11-25)40-24-26-12-7-4-8-13-26;1-22(2)19(24)23-11-13(16-10-14(20)6-7-17(16)21)9-18(23)12-4-3-5-15(8-12)28-29(25,26)27;1-22(2)19(25)23-11-13(16-10-14(20)6-7-17(16)21)9-18(23)12-4-3-5-15(24)8-12;1-2-4-6-5-3-1;;;/h3-17,20-22,33,42H,18-19,23-24H2,1-2H3;3-10,18H,11H2,1-2H3,(H2,25,26,27);3-10,18,24H,11H2,1-2H3;1-2,5-6H,3-4H2;3*1H4/t33-,43?;2*18-;;;;/m000..../s1. The highest BCUT2D eigenvalue weighted by Gasteiger charge is 2.37. The van der Waals surface area contributed by atoms with Gasteiger partial charge in [-0.15, -0.1) is 0 Å². The maximum absolute atomic E-state index is 14.7. The second-order valence-corrected chi connectivity index (χ2v) is 30.4. The first-order valence-electron chi connectivity index (χ1n) is 32.6. The van der Waals surface area contributed by atoms with Crippen molar-refractivity contribution in [3.63, 3.8) is 0 Å². The van der Waals surface area contributed by atoms with Crippen molar-refractivity contribution in [1.29, 1.82) is 0 Å². The first-order valence-corrected chi connectivity index (χ1v) is 37.3. The van der Waals surface area contributed by atoms with Gasteiger partial charge in [0, 0.05) is 84.8 Å². The molecule has 8 aromatic carbocycles. The molecular weight excluding hydrogens is 1420 g/mol. The van der Waals surface area contributed by atoms with Crippen molar-refractivity contribution >= 4 is 58.2 Å². The summed E-state index contributed by atoms with van der Waals surface area (Å²) in [4.78, 5) is 65.3. The summed E-state index contributed by atoms with van der Waals surface area (Å²) in [7, 11) is 6.30. The molecule has 0 saturated carbocycles. The van der Waals surface area contributed by atoms with Gasteiger partial charge in [0.1, 0.15) is 52.2 Å². The SMILES string of the molecule is C.C.C.C1=CCC=CC1.CN(C)C(=O)N1CC(c2cc(F)ccc2F)=C[C@H]1c1cccc(O)c1.CN(C)C(=O)N1CC(c2cc(F)ccc2F)=C[C@H]1c1cccc(OP(=O)(O)O)c1.CN(C)C(=O)N1CC(c2cc(F)ccc2F)=C[C@H]1c1cccc(OP(=P)(CCc2ccccc2)OCc2ccccc2)c1. The lowest BCUT2D eigenvalue weighted by molar-refractivity contribution is 0.170. The van der Waals surface area contributed by atoms with Crippen LogP contribution in [0, 0.1) is 34.9 Å². The molecule has 1 aliphatic carbocycles. The highest BCUT2D eigenvalue weighted by molar-refractivity contribution is 7.92. The third-order valence-electron chi connectivity index (χ3n) is 16.6. The van der Waals surface area contributed by atoms with Gasteiger partial charge < -0.3 is 48.1 Å². The molecule has 0 bridgehead atoms. The average molecular weight is 1520 g/mol. The first-order chi connectivity index (χ1) is 49.1. The summed E-state index contributed by atoms with van der Waals surface area (Å²) < 4.78 is 113. The number of nitrogens with zero attached hydrogens (tertiary/aromatic N) is 6. The minimum absolute atomic E-state index is 0. The number of benzene rings is 8. The van der Waals surface area contributed by atoms with Crippen LogP contribution in [0.4, 0.5) is 40.7 Å². The Morgan fingerprint density at radius 2 is 0.811 bits per heavy atom.